The average molecular weight is 364 g/mol. The molecule has 1 N–H and O–H groups in total. The van der Waals surface area contributed by atoms with E-state index >= 15 is 0 Å². The second kappa shape index (κ2) is 8.37. The summed E-state index contributed by atoms with van der Waals surface area (Å²) in [5.74, 6) is -0.197. The van der Waals surface area contributed by atoms with Gasteiger partial charge in [0.2, 0.25) is 0 Å². The van der Waals surface area contributed by atoms with E-state index in [0.29, 0.717) is 28.5 Å². The van der Waals surface area contributed by atoms with Gasteiger partial charge in [0.05, 0.1) is 24.4 Å². The third-order valence-corrected chi connectivity index (χ3v) is 4.56. The molecule has 138 valence electrons. The fourth-order valence-corrected chi connectivity index (χ4v) is 3.24. The van der Waals surface area contributed by atoms with E-state index < -0.39 is 5.97 Å². The van der Waals surface area contributed by atoms with Crippen LogP contribution in [-0.4, -0.2) is 29.3 Å². The topological polar surface area (TPSA) is 92.4 Å². The van der Waals surface area contributed by atoms with E-state index in [1.54, 1.807) is 37.4 Å². The highest BCUT2D eigenvalue weighted by atomic mass is 16.5. The largest absolute Gasteiger partial charge is 0.491 e. The van der Waals surface area contributed by atoms with Gasteiger partial charge in [-0.15, -0.1) is 0 Å². The number of carboxylic acids is 1. The summed E-state index contributed by atoms with van der Waals surface area (Å²) in [5, 5.41) is 18.7. The maximum Gasteiger partial charge on any atom is 0.336 e. The van der Waals surface area contributed by atoms with Crippen LogP contribution in [0.3, 0.4) is 0 Å². The number of nitrogens with zero attached hydrogens (tertiary/aromatic N) is 2. The first kappa shape index (κ1) is 18.5. The van der Waals surface area contributed by atoms with Crippen LogP contribution in [0.25, 0.3) is 5.57 Å². The number of hydrogen-bond donors (Lipinski definition) is 1. The van der Waals surface area contributed by atoms with Crippen LogP contribution in [0.2, 0.25) is 0 Å². The number of ether oxygens (including phenoxy) is 2. The van der Waals surface area contributed by atoms with Crippen LogP contribution in [0.4, 0.5) is 0 Å². The molecule has 1 aromatic carbocycles. The van der Waals surface area contributed by atoms with Gasteiger partial charge in [0, 0.05) is 11.6 Å². The zero-order valence-corrected chi connectivity index (χ0v) is 15.0. The summed E-state index contributed by atoms with van der Waals surface area (Å²) < 4.78 is 11.4. The molecule has 1 heterocycles. The Labute approximate surface area is 157 Å². The summed E-state index contributed by atoms with van der Waals surface area (Å²) in [5.41, 5.74) is 1.42. The van der Waals surface area contributed by atoms with Crippen LogP contribution in [0.1, 0.15) is 47.3 Å². The number of methoxy groups -OCH3 is 1. The van der Waals surface area contributed by atoms with Gasteiger partial charge in [0.25, 0.3) is 5.88 Å². The van der Waals surface area contributed by atoms with Crippen molar-refractivity contribution in [2.45, 2.75) is 31.8 Å². The molecule has 1 aromatic heterocycles. The van der Waals surface area contributed by atoms with Crippen LogP contribution in [0.5, 0.6) is 11.6 Å². The molecular formula is C21H20N2O4. The maximum atomic E-state index is 11.6. The predicted octanol–water partition coefficient (Wildman–Crippen LogP) is 4.07. The molecule has 27 heavy (non-hydrogen) atoms. The highest BCUT2D eigenvalue weighted by Gasteiger charge is 2.21. The van der Waals surface area contributed by atoms with Gasteiger partial charge in [0.1, 0.15) is 6.10 Å². The lowest BCUT2D eigenvalue weighted by Crippen LogP contribution is -2.13. The lowest BCUT2D eigenvalue weighted by Gasteiger charge is -2.17. The van der Waals surface area contributed by atoms with Crippen LogP contribution >= 0.6 is 0 Å². The van der Waals surface area contributed by atoms with E-state index in [4.69, 9.17) is 9.47 Å². The Morgan fingerprint density at radius 1 is 1.22 bits per heavy atom. The molecule has 1 aliphatic rings. The summed E-state index contributed by atoms with van der Waals surface area (Å²) in [6.07, 6.45) is 5.58. The molecule has 0 atom stereocenters. The van der Waals surface area contributed by atoms with Crippen molar-refractivity contribution in [3.8, 4) is 17.7 Å². The highest BCUT2D eigenvalue weighted by molar-refractivity contribution is 5.96. The van der Waals surface area contributed by atoms with E-state index in [1.807, 2.05) is 6.07 Å². The van der Waals surface area contributed by atoms with Crippen molar-refractivity contribution >= 4 is 11.5 Å². The molecule has 0 bridgehead atoms. The Balaban J connectivity index is 2.05. The van der Waals surface area contributed by atoms with Crippen LogP contribution in [-0.2, 0) is 0 Å². The maximum absolute atomic E-state index is 11.6. The second-order valence-electron chi connectivity index (χ2n) is 6.27. The number of nitriles is 1. The van der Waals surface area contributed by atoms with Gasteiger partial charge >= 0.3 is 5.97 Å². The third-order valence-electron chi connectivity index (χ3n) is 4.56. The number of aromatic nitrogens is 1. The van der Waals surface area contributed by atoms with Crippen molar-refractivity contribution < 1.29 is 19.4 Å². The molecule has 3 rings (SSSR count). The van der Waals surface area contributed by atoms with Gasteiger partial charge in [-0.1, -0.05) is 18.2 Å². The van der Waals surface area contributed by atoms with Crippen molar-refractivity contribution in [1.29, 1.82) is 5.26 Å². The van der Waals surface area contributed by atoms with Gasteiger partial charge in [-0.05, 0) is 49.4 Å². The van der Waals surface area contributed by atoms with Crippen molar-refractivity contribution in [1.82, 2.24) is 4.98 Å². The highest BCUT2D eigenvalue weighted by Crippen LogP contribution is 2.33. The van der Waals surface area contributed by atoms with E-state index in [9.17, 15) is 15.2 Å². The van der Waals surface area contributed by atoms with Crippen LogP contribution in [0.15, 0.2) is 42.5 Å². The summed E-state index contributed by atoms with van der Waals surface area (Å²) in [4.78, 5) is 16.1. The van der Waals surface area contributed by atoms with E-state index in [2.05, 4.69) is 4.98 Å². The molecule has 0 spiro atoms. The quantitative estimate of drug-likeness (QED) is 0.777. The number of benzene rings is 1. The monoisotopic (exact) mass is 364 g/mol. The van der Waals surface area contributed by atoms with E-state index in [0.717, 1.165) is 25.7 Å². The van der Waals surface area contributed by atoms with Gasteiger partial charge in [0.15, 0.2) is 5.75 Å². The van der Waals surface area contributed by atoms with Crippen molar-refractivity contribution in [2.75, 3.05) is 7.11 Å². The number of carbonyl (C=O) groups is 1. The Bertz CT molecular complexity index is 909. The molecular weight excluding hydrogens is 344 g/mol. The third kappa shape index (κ3) is 4.09. The van der Waals surface area contributed by atoms with E-state index in [-0.39, 0.29) is 11.7 Å². The SMILES string of the molecule is COc1ccc(/C(=C\C#N)c2ccccc2C(=O)O)nc1OC1CCCC1. The minimum Gasteiger partial charge on any atom is -0.491 e. The number of aromatic carboxylic acids is 1. The molecule has 0 unspecified atom stereocenters. The Hall–Kier alpha value is -3.33. The van der Waals surface area contributed by atoms with Gasteiger partial charge in [-0.25, -0.2) is 9.78 Å². The number of carboxylic acid groups (broad SMARTS) is 1. The Morgan fingerprint density at radius 3 is 2.56 bits per heavy atom. The second-order valence-corrected chi connectivity index (χ2v) is 6.27. The van der Waals surface area contributed by atoms with Crippen molar-refractivity contribution in [3.63, 3.8) is 0 Å². The van der Waals surface area contributed by atoms with Crippen LogP contribution < -0.4 is 9.47 Å². The number of hydrogen-bond acceptors (Lipinski definition) is 5. The minimum atomic E-state index is -1.06. The van der Waals surface area contributed by atoms with Gasteiger partial charge in [-0.2, -0.15) is 5.26 Å². The Morgan fingerprint density at radius 2 is 1.93 bits per heavy atom. The molecule has 2 aromatic rings. The molecule has 0 radical (unpaired) electrons. The van der Waals surface area contributed by atoms with Crippen LogP contribution in [0, 0.1) is 11.3 Å². The molecule has 6 nitrogen and oxygen atoms in total. The van der Waals surface area contributed by atoms with Crippen molar-refractivity contribution in [3.05, 3.63) is 59.3 Å². The molecule has 0 saturated heterocycles. The number of allylic oxidation sites excluding steroid dienone is 1. The average Bonchev–Trinajstić information content (AvgIpc) is 3.19. The molecule has 1 saturated carbocycles. The first-order valence-corrected chi connectivity index (χ1v) is 8.78. The molecule has 1 aliphatic carbocycles. The van der Waals surface area contributed by atoms with Crippen molar-refractivity contribution in [2.24, 2.45) is 0 Å². The predicted molar refractivity (Wildman–Crippen MR) is 99.8 cm³/mol. The summed E-state index contributed by atoms with van der Waals surface area (Å²) >= 11 is 0. The smallest absolute Gasteiger partial charge is 0.336 e. The fourth-order valence-electron chi connectivity index (χ4n) is 3.24. The zero-order chi connectivity index (χ0) is 19.2. The zero-order valence-electron chi connectivity index (χ0n) is 15.0. The first-order chi connectivity index (χ1) is 13.1. The van der Waals surface area contributed by atoms with Gasteiger partial charge in [-0.3, -0.25) is 0 Å². The summed E-state index contributed by atoms with van der Waals surface area (Å²) in [6.45, 7) is 0. The molecule has 1 fully saturated rings. The lowest BCUT2D eigenvalue weighted by molar-refractivity contribution is 0.0696. The number of pyridine rings is 1. The lowest BCUT2D eigenvalue weighted by atomic mass is 9.96. The Kier molecular flexibility index (Phi) is 5.72. The standard InChI is InChI=1S/C21H20N2O4/c1-26-19-11-10-18(23-20(19)27-14-6-2-3-7-14)16(12-13-22)15-8-4-5-9-17(15)21(24)25/h4-5,8-12,14H,2-3,6-7H2,1H3,(H,24,25)/b16-12-. The number of rotatable bonds is 6. The summed E-state index contributed by atoms with van der Waals surface area (Å²) in [6, 6.07) is 11.9. The minimum absolute atomic E-state index is 0.0938. The summed E-state index contributed by atoms with van der Waals surface area (Å²) in [7, 11) is 1.55. The molecule has 0 amide bonds. The molecule has 0 aliphatic heterocycles. The fraction of sp³-hybridized carbons (Fsp3) is 0.286. The van der Waals surface area contributed by atoms with E-state index in [1.165, 1.54) is 12.1 Å². The van der Waals surface area contributed by atoms with Gasteiger partial charge < -0.3 is 14.6 Å². The first-order valence-electron chi connectivity index (χ1n) is 8.78. The molecule has 6 heteroatoms. The normalized spacial score (nSPS) is 14.6.